The Balaban J connectivity index is 2.28. The zero-order valence-electron chi connectivity index (χ0n) is 14.1. The van der Waals surface area contributed by atoms with Crippen LogP contribution >= 0.6 is 15.9 Å². The van der Waals surface area contributed by atoms with E-state index in [-0.39, 0.29) is 17.3 Å². The van der Waals surface area contributed by atoms with Crippen molar-refractivity contribution in [1.82, 2.24) is 0 Å². The van der Waals surface area contributed by atoms with Crippen LogP contribution in [0.15, 0.2) is 54.2 Å². The third kappa shape index (κ3) is 2.49. The summed E-state index contributed by atoms with van der Waals surface area (Å²) in [5, 5.41) is 10.7. The molecule has 0 fully saturated rings. The molecular weight excluding hydrogens is 384 g/mol. The van der Waals surface area contributed by atoms with E-state index in [9.17, 15) is 14.7 Å². The molecule has 1 aromatic carbocycles. The van der Waals surface area contributed by atoms with E-state index in [1.165, 1.54) is 13.2 Å². The van der Waals surface area contributed by atoms with E-state index < -0.39 is 16.2 Å². The SMILES string of the molecule is C=CC1=CC[C@H]2C(=O)C=C(C)C(=O)[C@@]2(Br)[C@H]1c1cccc(OC)c1O. The molecule has 0 heterocycles. The number of ketones is 2. The van der Waals surface area contributed by atoms with E-state index in [2.05, 4.69) is 22.5 Å². The normalized spacial score (nSPS) is 28.8. The number of phenols is 1. The Morgan fingerprint density at radius 2 is 2.12 bits per heavy atom. The number of carbonyl (C=O) groups excluding carboxylic acids is 2. The number of hydrogen-bond acceptors (Lipinski definition) is 4. The van der Waals surface area contributed by atoms with Gasteiger partial charge in [-0.15, -0.1) is 0 Å². The fourth-order valence-corrected chi connectivity index (χ4v) is 5.06. The summed E-state index contributed by atoms with van der Waals surface area (Å²) < 4.78 is 4.06. The molecule has 0 aromatic heterocycles. The Bertz CT molecular complexity index is 836. The van der Waals surface area contributed by atoms with Gasteiger partial charge in [0.1, 0.15) is 4.32 Å². The van der Waals surface area contributed by atoms with Crippen molar-refractivity contribution in [2.75, 3.05) is 7.11 Å². The molecule has 1 N–H and O–H groups in total. The van der Waals surface area contributed by atoms with Crippen molar-refractivity contribution in [1.29, 1.82) is 0 Å². The molecule has 0 unspecified atom stereocenters. The number of hydrogen-bond donors (Lipinski definition) is 1. The second-order valence-electron chi connectivity index (χ2n) is 6.35. The number of alkyl halides is 1. The summed E-state index contributed by atoms with van der Waals surface area (Å²) in [5.74, 6) is -1.00. The summed E-state index contributed by atoms with van der Waals surface area (Å²) in [7, 11) is 1.47. The number of carbonyl (C=O) groups is 2. The van der Waals surface area contributed by atoms with Gasteiger partial charge in [-0.3, -0.25) is 9.59 Å². The van der Waals surface area contributed by atoms with E-state index in [1.807, 2.05) is 6.08 Å². The van der Waals surface area contributed by atoms with Gasteiger partial charge in [0, 0.05) is 17.4 Å². The van der Waals surface area contributed by atoms with Crippen LogP contribution < -0.4 is 4.74 Å². The van der Waals surface area contributed by atoms with Crippen molar-refractivity contribution in [2.24, 2.45) is 5.92 Å². The molecule has 4 nitrogen and oxygen atoms in total. The van der Waals surface area contributed by atoms with Crippen LogP contribution in [-0.4, -0.2) is 28.1 Å². The molecule has 2 aliphatic carbocycles. The van der Waals surface area contributed by atoms with Crippen molar-refractivity contribution in [3.63, 3.8) is 0 Å². The van der Waals surface area contributed by atoms with Gasteiger partial charge < -0.3 is 9.84 Å². The van der Waals surface area contributed by atoms with E-state index in [0.717, 1.165) is 5.57 Å². The lowest BCUT2D eigenvalue weighted by atomic mass is 9.62. The Hall–Kier alpha value is -2.14. The number of ether oxygens (including phenoxy) is 1. The molecule has 0 aliphatic heterocycles. The Kier molecular flexibility index (Phi) is 4.45. The highest BCUT2D eigenvalue weighted by atomic mass is 79.9. The number of phenolic OH excluding ortho intramolecular Hbond substituents is 1. The Labute approximate surface area is 155 Å². The number of methoxy groups -OCH3 is 1. The van der Waals surface area contributed by atoms with Gasteiger partial charge >= 0.3 is 0 Å². The molecule has 5 heteroatoms. The summed E-state index contributed by atoms with van der Waals surface area (Å²) in [5.41, 5.74) is 1.74. The van der Waals surface area contributed by atoms with Crippen LogP contribution in [0.1, 0.15) is 24.8 Å². The van der Waals surface area contributed by atoms with E-state index in [1.54, 1.807) is 31.2 Å². The number of rotatable bonds is 3. The lowest BCUT2D eigenvalue weighted by Gasteiger charge is -2.45. The molecule has 3 atom stereocenters. The molecule has 0 amide bonds. The highest BCUT2D eigenvalue weighted by Crippen LogP contribution is 2.56. The smallest absolute Gasteiger partial charge is 0.177 e. The van der Waals surface area contributed by atoms with Crippen molar-refractivity contribution >= 4 is 27.5 Å². The molecule has 0 saturated carbocycles. The van der Waals surface area contributed by atoms with E-state index in [4.69, 9.17) is 4.74 Å². The first kappa shape index (κ1) is 17.7. The Morgan fingerprint density at radius 3 is 2.76 bits per heavy atom. The van der Waals surface area contributed by atoms with E-state index in [0.29, 0.717) is 23.3 Å². The number of benzene rings is 1. The largest absolute Gasteiger partial charge is 0.504 e. The first-order valence-electron chi connectivity index (χ1n) is 8.00. The minimum atomic E-state index is -1.15. The Morgan fingerprint density at radius 1 is 1.40 bits per heavy atom. The maximum atomic E-state index is 13.1. The third-order valence-corrected chi connectivity index (χ3v) is 6.43. The van der Waals surface area contributed by atoms with Gasteiger partial charge in [-0.2, -0.15) is 0 Å². The molecule has 0 radical (unpaired) electrons. The number of aromatic hydroxyl groups is 1. The molecule has 0 saturated heterocycles. The van der Waals surface area contributed by atoms with Gasteiger partial charge in [0.15, 0.2) is 23.1 Å². The lowest BCUT2D eigenvalue weighted by molar-refractivity contribution is -0.128. The van der Waals surface area contributed by atoms with Crippen molar-refractivity contribution in [2.45, 2.75) is 23.6 Å². The second-order valence-corrected chi connectivity index (χ2v) is 7.67. The summed E-state index contributed by atoms with van der Waals surface area (Å²) in [6.45, 7) is 5.50. The van der Waals surface area contributed by atoms with Gasteiger partial charge in [0.2, 0.25) is 0 Å². The van der Waals surface area contributed by atoms with Crippen LogP contribution in [0.25, 0.3) is 0 Å². The molecule has 130 valence electrons. The zero-order valence-corrected chi connectivity index (χ0v) is 15.7. The summed E-state index contributed by atoms with van der Waals surface area (Å²) in [6, 6.07) is 5.15. The van der Waals surface area contributed by atoms with Crippen LogP contribution in [-0.2, 0) is 9.59 Å². The zero-order chi connectivity index (χ0) is 18.4. The quantitative estimate of drug-likeness (QED) is 0.779. The third-order valence-electron chi connectivity index (χ3n) is 5.06. The number of Topliss-reactive ketones (excluding diaryl/α,β-unsaturated/α-hetero) is 1. The number of para-hydroxylation sites is 1. The fourth-order valence-electron chi connectivity index (χ4n) is 3.83. The first-order chi connectivity index (χ1) is 11.9. The molecule has 1 aromatic rings. The molecule has 25 heavy (non-hydrogen) atoms. The first-order valence-corrected chi connectivity index (χ1v) is 8.79. The van der Waals surface area contributed by atoms with Crippen LogP contribution in [0.4, 0.5) is 0 Å². The summed E-state index contributed by atoms with van der Waals surface area (Å²) in [4.78, 5) is 25.7. The van der Waals surface area contributed by atoms with Gasteiger partial charge in [0.05, 0.1) is 7.11 Å². The predicted molar refractivity (Wildman–Crippen MR) is 99.2 cm³/mol. The number of fused-ring (bicyclic) bond motifs is 1. The monoisotopic (exact) mass is 402 g/mol. The van der Waals surface area contributed by atoms with Crippen molar-refractivity contribution in [3.05, 3.63) is 59.7 Å². The van der Waals surface area contributed by atoms with Crippen molar-refractivity contribution in [3.8, 4) is 11.5 Å². The standard InChI is InChI=1S/C20H19BrO4/c1-4-12-8-9-14-15(22)10-11(2)19(24)20(14,21)17(12)13-6-5-7-16(25-3)18(13)23/h4-8,10,14,17,23H,1,9H2,2-3H3/t14-,17+,20-/m0/s1. The van der Waals surface area contributed by atoms with Crippen LogP contribution in [0.5, 0.6) is 11.5 Å². The topological polar surface area (TPSA) is 63.6 Å². The fraction of sp³-hybridized carbons (Fsp3) is 0.300. The average Bonchev–Trinajstić information content (AvgIpc) is 2.60. The van der Waals surface area contributed by atoms with Gasteiger partial charge in [-0.1, -0.05) is 46.8 Å². The number of halogens is 1. The minimum absolute atomic E-state index is 0.0327. The molecule has 2 aliphatic rings. The van der Waals surface area contributed by atoms with Gasteiger partial charge in [0.25, 0.3) is 0 Å². The van der Waals surface area contributed by atoms with Crippen LogP contribution in [0.3, 0.4) is 0 Å². The van der Waals surface area contributed by atoms with Gasteiger partial charge in [-0.25, -0.2) is 0 Å². The summed E-state index contributed by atoms with van der Waals surface area (Å²) >= 11 is 3.63. The molecule has 0 spiro atoms. The van der Waals surface area contributed by atoms with Crippen molar-refractivity contribution < 1.29 is 19.4 Å². The second kappa shape index (κ2) is 6.30. The van der Waals surface area contributed by atoms with Crippen LogP contribution in [0, 0.1) is 5.92 Å². The minimum Gasteiger partial charge on any atom is -0.504 e. The average molecular weight is 403 g/mol. The highest BCUT2D eigenvalue weighted by molar-refractivity contribution is 9.10. The summed E-state index contributed by atoms with van der Waals surface area (Å²) in [6.07, 6.45) is 5.46. The number of allylic oxidation sites excluding steroid dienone is 5. The highest BCUT2D eigenvalue weighted by Gasteiger charge is 2.57. The van der Waals surface area contributed by atoms with Crippen LogP contribution in [0.2, 0.25) is 0 Å². The molecular formula is C20H19BrO4. The predicted octanol–water partition coefficient (Wildman–Crippen LogP) is 3.85. The molecule has 0 bridgehead atoms. The van der Waals surface area contributed by atoms with E-state index >= 15 is 0 Å². The van der Waals surface area contributed by atoms with Gasteiger partial charge in [-0.05, 0) is 36.6 Å². The maximum absolute atomic E-state index is 13.1. The lowest BCUT2D eigenvalue weighted by Crippen LogP contribution is -2.53. The maximum Gasteiger partial charge on any atom is 0.177 e. The molecule has 3 rings (SSSR count).